The minimum absolute atomic E-state index is 0.217. The Hall–Kier alpha value is -0.860. The van der Waals surface area contributed by atoms with Crippen molar-refractivity contribution in [1.29, 1.82) is 0 Å². The lowest BCUT2D eigenvalue weighted by atomic mass is 9.81. The summed E-state index contributed by atoms with van der Waals surface area (Å²) in [4.78, 5) is 37.8. The van der Waals surface area contributed by atoms with Crippen molar-refractivity contribution in [1.82, 2.24) is 0 Å². The lowest BCUT2D eigenvalue weighted by Gasteiger charge is -2.28. The maximum absolute atomic E-state index is 9.53. The van der Waals surface area contributed by atoms with Crippen LogP contribution in [0.25, 0.3) is 22.3 Å². The highest BCUT2D eigenvalue weighted by Crippen LogP contribution is 2.49. The molecule has 92 valence electrons. The lowest BCUT2D eigenvalue weighted by Crippen LogP contribution is -2.27. The van der Waals surface area contributed by atoms with Gasteiger partial charge in [-0.3, -0.25) is 0 Å². The van der Waals surface area contributed by atoms with Gasteiger partial charge in [0.05, 0.1) is 5.30 Å². The zero-order valence-electron chi connectivity index (χ0n) is 9.15. The van der Waals surface area contributed by atoms with Gasteiger partial charge in [0.15, 0.2) is 8.38 Å². The largest absolute Gasteiger partial charge is 0.347 e. The molecular weight excluding hydrogens is 270 g/mol. The SMILES string of the molecule is OP(O)c1ccc2c(c1P(O)O)-c1ccccc1-2. The molecule has 0 spiro atoms. The molecule has 0 atom stereocenters. The molecule has 0 saturated heterocycles. The van der Waals surface area contributed by atoms with Crippen molar-refractivity contribution in [3.8, 4) is 22.3 Å². The highest BCUT2D eigenvalue weighted by Gasteiger charge is 2.31. The third-order valence-corrected chi connectivity index (χ3v) is 4.90. The van der Waals surface area contributed by atoms with Crippen molar-refractivity contribution >= 4 is 27.4 Å². The summed E-state index contributed by atoms with van der Waals surface area (Å²) in [5.74, 6) is 0. The fourth-order valence-corrected chi connectivity index (χ4v) is 4.08. The Bertz CT molecular complexity index is 625. The average Bonchev–Trinajstić information content (AvgIpc) is 2.33. The molecular formula is C12H10O4P2. The van der Waals surface area contributed by atoms with Gasteiger partial charge in [-0.15, -0.1) is 0 Å². The second-order valence-corrected chi connectivity index (χ2v) is 6.07. The van der Waals surface area contributed by atoms with Gasteiger partial charge in [0.2, 0.25) is 8.38 Å². The summed E-state index contributed by atoms with van der Waals surface area (Å²) in [6.07, 6.45) is 0. The normalized spacial score (nSPS) is 12.3. The van der Waals surface area contributed by atoms with Crippen LogP contribution in [0, 0.1) is 0 Å². The lowest BCUT2D eigenvalue weighted by molar-refractivity contribution is 0.492. The first kappa shape index (κ1) is 12.2. The van der Waals surface area contributed by atoms with E-state index in [1.807, 2.05) is 24.3 Å². The van der Waals surface area contributed by atoms with E-state index in [1.165, 1.54) is 0 Å². The van der Waals surface area contributed by atoms with E-state index in [0.29, 0.717) is 0 Å². The van der Waals surface area contributed by atoms with Gasteiger partial charge in [-0.2, -0.15) is 0 Å². The maximum Gasteiger partial charge on any atom is 0.201 e. The molecule has 18 heavy (non-hydrogen) atoms. The smallest absolute Gasteiger partial charge is 0.201 e. The summed E-state index contributed by atoms with van der Waals surface area (Å²) in [6.45, 7) is 0. The second-order valence-electron chi connectivity index (χ2n) is 3.98. The van der Waals surface area contributed by atoms with Crippen LogP contribution in [0.1, 0.15) is 0 Å². The third kappa shape index (κ3) is 1.63. The molecule has 0 radical (unpaired) electrons. The van der Waals surface area contributed by atoms with Crippen LogP contribution < -0.4 is 10.6 Å². The van der Waals surface area contributed by atoms with Crippen LogP contribution in [0.5, 0.6) is 0 Å². The van der Waals surface area contributed by atoms with Crippen LogP contribution in [-0.4, -0.2) is 19.6 Å². The van der Waals surface area contributed by atoms with E-state index in [4.69, 9.17) is 0 Å². The van der Waals surface area contributed by atoms with Crippen LogP contribution >= 0.6 is 16.8 Å². The van der Waals surface area contributed by atoms with E-state index < -0.39 is 16.8 Å². The van der Waals surface area contributed by atoms with Crippen molar-refractivity contribution in [2.45, 2.75) is 0 Å². The number of rotatable bonds is 2. The molecule has 0 heterocycles. The quantitative estimate of drug-likeness (QED) is 0.531. The summed E-state index contributed by atoms with van der Waals surface area (Å²) >= 11 is 0. The van der Waals surface area contributed by atoms with E-state index in [1.54, 1.807) is 12.1 Å². The molecule has 2 aromatic carbocycles. The number of fused-ring (bicyclic) bond motifs is 4. The van der Waals surface area contributed by atoms with E-state index in [2.05, 4.69) is 0 Å². The molecule has 4 nitrogen and oxygen atoms in total. The number of benzene rings is 2. The van der Waals surface area contributed by atoms with Crippen molar-refractivity contribution in [3.63, 3.8) is 0 Å². The van der Waals surface area contributed by atoms with Crippen molar-refractivity contribution in [3.05, 3.63) is 36.4 Å². The van der Waals surface area contributed by atoms with Crippen molar-refractivity contribution in [2.24, 2.45) is 0 Å². The topological polar surface area (TPSA) is 80.9 Å². The Labute approximate surface area is 106 Å². The van der Waals surface area contributed by atoms with Crippen LogP contribution in [0.2, 0.25) is 0 Å². The standard InChI is InChI=1S/C12H10O4P2/c13-17(14)10-6-5-9-7-3-1-2-4-8(7)11(9)12(10)18(15)16/h1-6,13-16H. The minimum Gasteiger partial charge on any atom is -0.347 e. The Kier molecular flexibility index (Phi) is 2.95. The fraction of sp³-hybridized carbons (Fsp3) is 0. The zero-order chi connectivity index (χ0) is 12.9. The van der Waals surface area contributed by atoms with Gasteiger partial charge in [0.25, 0.3) is 0 Å². The van der Waals surface area contributed by atoms with Crippen LogP contribution in [-0.2, 0) is 0 Å². The van der Waals surface area contributed by atoms with Crippen molar-refractivity contribution < 1.29 is 19.6 Å². The Morgan fingerprint density at radius 3 is 1.94 bits per heavy atom. The summed E-state index contributed by atoms with van der Waals surface area (Å²) in [6, 6.07) is 11.0. The molecule has 0 aromatic heterocycles. The second kappa shape index (κ2) is 4.36. The summed E-state index contributed by atoms with van der Waals surface area (Å²) in [5, 5.41) is 0.478. The Balaban J connectivity index is 2.26. The van der Waals surface area contributed by atoms with E-state index in [9.17, 15) is 19.6 Å². The van der Waals surface area contributed by atoms with Crippen LogP contribution in [0.15, 0.2) is 36.4 Å². The molecule has 0 aliphatic heterocycles. The number of hydrogen-bond donors (Lipinski definition) is 4. The first-order valence-corrected chi connectivity index (χ1v) is 7.73. The van der Waals surface area contributed by atoms with Gasteiger partial charge in [0.1, 0.15) is 0 Å². The summed E-state index contributed by atoms with van der Waals surface area (Å²) in [5.41, 5.74) is 3.64. The zero-order valence-corrected chi connectivity index (χ0v) is 10.9. The molecule has 3 rings (SSSR count). The summed E-state index contributed by atoms with van der Waals surface area (Å²) < 4.78 is 0. The van der Waals surface area contributed by atoms with Gasteiger partial charge in [-0.1, -0.05) is 30.3 Å². The third-order valence-electron chi connectivity index (χ3n) is 3.06. The Morgan fingerprint density at radius 2 is 1.33 bits per heavy atom. The molecule has 2 aromatic rings. The Morgan fingerprint density at radius 1 is 0.667 bits per heavy atom. The highest BCUT2D eigenvalue weighted by molar-refractivity contribution is 7.61. The molecule has 4 N–H and O–H groups in total. The van der Waals surface area contributed by atoms with Gasteiger partial charge in [-0.05, 0) is 22.8 Å². The first-order valence-electron chi connectivity index (χ1n) is 5.24. The highest BCUT2D eigenvalue weighted by atomic mass is 31.2. The van der Waals surface area contributed by atoms with Gasteiger partial charge >= 0.3 is 0 Å². The van der Waals surface area contributed by atoms with E-state index in [-0.39, 0.29) is 10.6 Å². The van der Waals surface area contributed by atoms with Gasteiger partial charge < -0.3 is 19.6 Å². The van der Waals surface area contributed by atoms with Crippen LogP contribution in [0.3, 0.4) is 0 Å². The predicted molar refractivity (Wildman–Crippen MR) is 72.9 cm³/mol. The molecule has 0 saturated carbocycles. The molecule has 1 aliphatic rings. The minimum atomic E-state index is -2.36. The number of hydrogen-bond acceptors (Lipinski definition) is 4. The monoisotopic (exact) mass is 280 g/mol. The fourth-order valence-electron chi connectivity index (χ4n) is 2.31. The molecule has 0 fully saturated rings. The van der Waals surface area contributed by atoms with Gasteiger partial charge in [-0.25, -0.2) is 0 Å². The average molecular weight is 280 g/mol. The predicted octanol–water partition coefficient (Wildman–Crippen LogP) is 1.18. The molecule has 0 amide bonds. The van der Waals surface area contributed by atoms with Crippen LogP contribution in [0.4, 0.5) is 0 Å². The molecule has 1 aliphatic carbocycles. The van der Waals surface area contributed by atoms with Gasteiger partial charge in [0, 0.05) is 10.9 Å². The van der Waals surface area contributed by atoms with E-state index >= 15 is 0 Å². The molecule has 0 bridgehead atoms. The molecule has 6 heteroatoms. The first-order chi connectivity index (χ1) is 8.61. The maximum atomic E-state index is 9.53. The van der Waals surface area contributed by atoms with Crippen molar-refractivity contribution in [2.75, 3.05) is 0 Å². The summed E-state index contributed by atoms with van der Waals surface area (Å²) in [7, 11) is -4.70. The molecule has 0 unspecified atom stereocenters. The van der Waals surface area contributed by atoms with E-state index in [0.717, 1.165) is 22.3 Å².